The molecule has 1 aliphatic heterocycles. The van der Waals surface area contributed by atoms with Gasteiger partial charge in [-0.2, -0.15) is 8.78 Å². The van der Waals surface area contributed by atoms with Crippen LogP contribution in [0.4, 0.5) is 13.2 Å². The third kappa shape index (κ3) is 14.4. The van der Waals surface area contributed by atoms with Gasteiger partial charge in [0.15, 0.2) is 5.82 Å². The summed E-state index contributed by atoms with van der Waals surface area (Å²) in [6.45, 7) is 13.7. The lowest BCUT2D eigenvalue weighted by Gasteiger charge is -2.21. The number of aromatic nitrogens is 2. The van der Waals surface area contributed by atoms with E-state index in [2.05, 4.69) is 62.8 Å². The fourth-order valence-electron chi connectivity index (χ4n) is 8.10. The molecule has 0 saturated heterocycles. The molecule has 2 heterocycles. The molecule has 4 rings (SSSR count). The third-order valence-electron chi connectivity index (χ3n) is 11.9. The van der Waals surface area contributed by atoms with Gasteiger partial charge in [0.2, 0.25) is 0 Å². The Bertz CT molecular complexity index is 1550. The van der Waals surface area contributed by atoms with Crippen molar-refractivity contribution in [3.05, 3.63) is 60.2 Å². The van der Waals surface area contributed by atoms with E-state index in [-0.39, 0.29) is 32.2 Å². The number of alkyl halides is 2. The van der Waals surface area contributed by atoms with Gasteiger partial charge in [-0.05, 0) is 41.0 Å². The first-order chi connectivity index (χ1) is 27.0. The van der Waals surface area contributed by atoms with Crippen LogP contribution in [0.2, 0.25) is 11.6 Å². The zero-order valence-electron chi connectivity index (χ0n) is 35.6. The number of nitrogens with zero attached hydrogens (tertiary/aromatic N) is 2. The van der Waals surface area contributed by atoms with E-state index < -0.39 is 23.0 Å². The van der Waals surface area contributed by atoms with Crippen molar-refractivity contribution >= 4 is 24.2 Å². The summed E-state index contributed by atoms with van der Waals surface area (Å²) in [6.07, 6.45) is 27.3. The predicted molar refractivity (Wildman–Crippen MR) is 233 cm³/mol. The number of ether oxygens (including phenoxy) is 1. The first kappa shape index (κ1) is 46.2. The van der Waals surface area contributed by atoms with Crippen LogP contribution in [0, 0.1) is 23.6 Å². The van der Waals surface area contributed by atoms with Crippen LogP contribution >= 0.6 is 0 Å². The Morgan fingerprint density at radius 2 is 1.20 bits per heavy atom. The lowest BCUT2D eigenvalue weighted by Crippen LogP contribution is -2.37. The van der Waals surface area contributed by atoms with Crippen LogP contribution in [-0.4, -0.2) is 34.7 Å². The van der Waals surface area contributed by atoms with E-state index in [1.165, 1.54) is 120 Å². The highest BCUT2D eigenvalue weighted by Crippen LogP contribution is 2.49. The average molecular weight is 805 g/mol. The molecule has 0 amide bonds. The number of fused-ring (bicyclic) bond motifs is 1. The maximum atomic E-state index is 16.0. The van der Waals surface area contributed by atoms with E-state index in [0.29, 0.717) is 15.4 Å². The van der Waals surface area contributed by atoms with Crippen molar-refractivity contribution in [1.82, 2.24) is 9.97 Å². The monoisotopic (exact) mass is 805 g/mol. The normalized spacial score (nSPS) is 17.0. The summed E-state index contributed by atoms with van der Waals surface area (Å²) in [6, 6.07) is 12.4. The largest absolute Gasteiger partial charge is 0.487 e. The molecular weight excluding hydrogens is 734 g/mol. The molecule has 4 radical (unpaired) electrons. The van der Waals surface area contributed by atoms with Crippen LogP contribution in [0.3, 0.4) is 0 Å². The van der Waals surface area contributed by atoms with Crippen LogP contribution in [-0.2, 0) is 5.92 Å². The molecule has 3 aromatic rings. The molecule has 0 N–H and O–H groups in total. The number of hydrogen-bond donors (Lipinski definition) is 0. The molecule has 0 bridgehead atoms. The van der Waals surface area contributed by atoms with Gasteiger partial charge < -0.3 is 4.74 Å². The van der Waals surface area contributed by atoms with Gasteiger partial charge in [0.1, 0.15) is 32.4 Å². The van der Waals surface area contributed by atoms with Crippen LogP contribution < -0.4 is 9.92 Å². The highest BCUT2D eigenvalue weighted by Gasteiger charge is 2.53. The van der Waals surface area contributed by atoms with Gasteiger partial charge in [0.05, 0.1) is 15.1 Å². The van der Waals surface area contributed by atoms with Crippen molar-refractivity contribution in [3.8, 4) is 28.3 Å². The van der Waals surface area contributed by atoms with Gasteiger partial charge in [-0.25, -0.2) is 14.4 Å². The van der Waals surface area contributed by atoms with Crippen molar-refractivity contribution in [1.29, 1.82) is 0 Å². The molecule has 8 heteroatoms. The molecule has 1 aromatic heterocycles. The first-order valence-electron chi connectivity index (χ1n) is 22.3. The number of halogens is 3. The Morgan fingerprint density at radius 1 is 0.661 bits per heavy atom. The predicted octanol–water partition coefficient (Wildman–Crippen LogP) is 14.4. The second-order valence-corrected chi connectivity index (χ2v) is 20.4. The molecule has 0 saturated carbocycles. The molecule has 5 unspecified atom stereocenters. The molecule has 1 aliphatic rings. The van der Waals surface area contributed by atoms with Gasteiger partial charge in [0.25, 0.3) is 0 Å². The molecule has 0 aliphatic carbocycles. The number of rotatable bonds is 28. The quantitative estimate of drug-likeness (QED) is 0.0542. The lowest BCUT2D eigenvalue weighted by atomic mass is 9.94. The second-order valence-electron chi connectivity index (χ2n) is 17.1. The maximum Gasteiger partial charge on any atom is 0.311 e. The first-order valence-corrected chi connectivity index (χ1v) is 24.7. The molecule has 0 fully saturated rings. The van der Waals surface area contributed by atoms with Crippen LogP contribution in [0.1, 0.15) is 169 Å². The summed E-state index contributed by atoms with van der Waals surface area (Å²) in [5.41, 5.74) is -0.0216. The fraction of sp³-hybridized carbons (Fsp3) is 0.667. The second kappa shape index (κ2) is 24.5. The van der Waals surface area contributed by atoms with E-state index in [1.807, 2.05) is 13.0 Å². The topological polar surface area (TPSA) is 35.0 Å². The zero-order valence-corrected chi connectivity index (χ0v) is 37.6. The van der Waals surface area contributed by atoms with Gasteiger partial charge in [-0.1, -0.05) is 199 Å². The number of benzene rings is 2. The Kier molecular flexibility index (Phi) is 20.2. The maximum absolute atomic E-state index is 16.0. The smallest absolute Gasteiger partial charge is 0.311 e. The average Bonchev–Trinajstić information content (AvgIpc) is 3.44. The van der Waals surface area contributed by atoms with Gasteiger partial charge in [0, 0.05) is 18.0 Å². The van der Waals surface area contributed by atoms with Crippen molar-refractivity contribution in [3.63, 3.8) is 0 Å². The van der Waals surface area contributed by atoms with E-state index in [1.54, 1.807) is 12.4 Å². The molecule has 56 heavy (non-hydrogen) atoms. The van der Waals surface area contributed by atoms with E-state index >= 15 is 13.2 Å². The van der Waals surface area contributed by atoms with Gasteiger partial charge >= 0.3 is 5.92 Å². The molecule has 0 spiro atoms. The van der Waals surface area contributed by atoms with Gasteiger partial charge in [-0.15, -0.1) is 0 Å². The highest BCUT2D eigenvalue weighted by atomic mass is 28.2. The molecule has 2 aromatic carbocycles. The summed E-state index contributed by atoms with van der Waals surface area (Å²) in [5, 5.41) is 1.27. The van der Waals surface area contributed by atoms with E-state index in [0.717, 1.165) is 48.3 Å². The fourth-order valence-corrected chi connectivity index (χ4v) is 11.1. The minimum atomic E-state index is -3.42. The molecule has 3 nitrogen and oxygen atoms in total. The Labute approximate surface area is 343 Å². The van der Waals surface area contributed by atoms with Gasteiger partial charge in [-0.3, -0.25) is 0 Å². The van der Waals surface area contributed by atoms with Crippen LogP contribution in [0.15, 0.2) is 48.8 Å². The van der Waals surface area contributed by atoms with E-state index in [9.17, 15) is 0 Å². The number of hydrogen-bond acceptors (Lipinski definition) is 3. The summed E-state index contributed by atoms with van der Waals surface area (Å²) in [5.74, 6) is -2.02. The minimum Gasteiger partial charge on any atom is -0.487 e. The number of unbranched alkanes of at least 4 members (excludes halogenated alkanes) is 8. The molecular formula is C48H71F3N2OSi2. The Hall–Kier alpha value is -2.46. The molecule has 5 atom stereocenters. The zero-order chi connectivity index (χ0) is 40.3. The summed E-state index contributed by atoms with van der Waals surface area (Å²) in [7, 11) is 0.551. The lowest BCUT2D eigenvalue weighted by molar-refractivity contribution is -0.0451. The van der Waals surface area contributed by atoms with Crippen LogP contribution in [0.25, 0.3) is 22.5 Å². The summed E-state index contributed by atoms with van der Waals surface area (Å²) in [4.78, 5) is 9.00. The standard InChI is InChI=1S/C48H71F3N2OSi2/c1-7-9-13-21-35(3)23-15-11-12-16-26-38(6)56-47-48(50,51)44-42(54-47)30-29-41(45(44)49)46-52-33-39(34-53-46)40-27-19-20-28-43(40)55-32-31-37(5)25-18-17-24-36(4)22-14-10-8-2/h19-20,27-30,33-38,47H,7-18,21-26,31-32H2,1-6H3. The van der Waals surface area contributed by atoms with Crippen LogP contribution in [0.5, 0.6) is 5.75 Å². The van der Waals surface area contributed by atoms with Crippen molar-refractivity contribution < 1.29 is 17.9 Å². The minimum absolute atomic E-state index is 0.0228. The highest BCUT2D eigenvalue weighted by molar-refractivity contribution is 6.55. The van der Waals surface area contributed by atoms with Crippen molar-refractivity contribution in [2.45, 2.75) is 187 Å². The summed E-state index contributed by atoms with van der Waals surface area (Å²) >= 11 is 0. The summed E-state index contributed by atoms with van der Waals surface area (Å²) < 4.78 is 53.4. The Balaban J connectivity index is 1.26. The van der Waals surface area contributed by atoms with Crippen molar-refractivity contribution in [2.24, 2.45) is 17.8 Å². The third-order valence-corrected chi connectivity index (χ3v) is 14.9. The Morgan fingerprint density at radius 3 is 1.80 bits per heavy atom. The molecule has 308 valence electrons. The van der Waals surface area contributed by atoms with E-state index in [4.69, 9.17) is 4.74 Å². The van der Waals surface area contributed by atoms with Crippen molar-refractivity contribution in [2.75, 3.05) is 0 Å². The SMILES string of the molecule is CCCCCC(C)CCCCCCC(C)[Si]C1Oc2ccc(-c3ncc(-c4ccccc4[Si]CCC(C)CCCCC(C)CCCCC)cn3)c(F)c2C1(F)F.